The number of nitrogens with zero attached hydrogens (tertiary/aromatic N) is 1. The number of aliphatic hydroxyl groups is 1. The van der Waals surface area contributed by atoms with Crippen molar-refractivity contribution in [2.24, 2.45) is 17.6 Å². The normalized spacial score (nSPS) is 15.3. The Morgan fingerprint density at radius 2 is 2.20 bits per heavy atom. The molecule has 0 saturated carbocycles. The smallest absolute Gasteiger partial charge is 0.0845 e. The Labute approximate surface area is 91.3 Å². The highest BCUT2D eigenvalue weighted by Crippen LogP contribution is 2.25. The molecule has 1 rings (SSSR count). The van der Waals surface area contributed by atoms with Crippen molar-refractivity contribution < 1.29 is 5.11 Å². The summed E-state index contributed by atoms with van der Waals surface area (Å²) >= 11 is 0. The molecule has 84 valence electrons. The highest BCUT2D eigenvalue weighted by atomic mass is 16.3. The molecule has 0 aromatic carbocycles. The molecule has 0 radical (unpaired) electrons. The maximum Gasteiger partial charge on any atom is 0.0845 e. The van der Waals surface area contributed by atoms with E-state index in [1.54, 1.807) is 12.4 Å². The highest BCUT2D eigenvalue weighted by Gasteiger charge is 2.20. The number of aliphatic hydroxyl groups excluding tert-OH is 1. The van der Waals surface area contributed by atoms with Crippen molar-refractivity contribution in [1.82, 2.24) is 4.98 Å². The number of hydrogen-bond donors (Lipinski definition) is 2. The monoisotopic (exact) mass is 208 g/mol. The zero-order valence-corrected chi connectivity index (χ0v) is 9.43. The van der Waals surface area contributed by atoms with E-state index in [9.17, 15) is 5.11 Å². The summed E-state index contributed by atoms with van der Waals surface area (Å²) in [5.41, 5.74) is 6.53. The number of pyridine rings is 1. The van der Waals surface area contributed by atoms with Crippen LogP contribution < -0.4 is 5.73 Å². The molecule has 0 spiro atoms. The Balaban J connectivity index is 2.69. The fourth-order valence-corrected chi connectivity index (χ4v) is 1.78. The lowest BCUT2D eigenvalue weighted by molar-refractivity contribution is 0.0991. The topological polar surface area (TPSA) is 59.1 Å². The lowest BCUT2D eigenvalue weighted by Gasteiger charge is -2.23. The first-order chi connectivity index (χ1) is 7.15. The van der Waals surface area contributed by atoms with Crippen LogP contribution in [-0.4, -0.2) is 16.6 Å². The third kappa shape index (κ3) is 3.61. The van der Waals surface area contributed by atoms with Crippen molar-refractivity contribution in [1.29, 1.82) is 0 Å². The van der Waals surface area contributed by atoms with Crippen LogP contribution >= 0.6 is 0 Å². The SMILES string of the molecule is CC(C)CC(CN)C(O)c1cccnc1. The summed E-state index contributed by atoms with van der Waals surface area (Å²) in [7, 11) is 0. The highest BCUT2D eigenvalue weighted by molar-refractivity contribution is 5.12. The fraction of sp³-hybridized carbons (Fsp3) is 0.583. The van der Waals surface area contributed by atoms with Gasteiger partial charge in [0.1, 0.15) is 0 Å². The van der Waals surface area contributed by atoms with Gasteiger partial charge < -0.3 is 10.8 Å². The van der Waals surface area contributed by atoms with E-state index in [0.29, 0.717) is 12.5 Å². The predicted octanol–water partition coefficient (Wildman–Crippen LogP) is 1.74. The largest absolute Gasteiger partial charge is 0.388 e. The fourth-order valence-electron chi connectivity index (χ4n) is 1.78. The molecule has 15 heavy (non-hydrogen) atoms. The van der Waals surface area contributed by atoms with Crippen LogP contribution in [0, 0.1) is 11.8 Å². The van der Waals surface area contributed by atoms with Crippen molar-refractivity contribution >= 4 is 0 Å². The summed E-state index contributed by atoms with van der Waals surface area (Å²) in [6.07, 6.45) is 3.85. The summed E-state index contributed by atoms with van der Waals surface area (Å²) in [5.74, 6) is 0.666. The van der Waals surface area contributed by atoms with E-state index in [0.717, 1.165) is 12.0 Å². The van der Waals surface area contributed by atoms with Crippen molar-refractivity contribution in [3.8, 4) is 0 Å². The van der Waals surface area contributed by atoms with Crippen LogP contribution in [0.1, 0.15) is 31.9 Å². The molecular formula is C12H20N2O. The molecule has 2 unspecified atom stereocenters. The second-order valence-corrected chi connectivity index (χ2v) is 4.36. The summed E-state index contributed by atoms with van der Waals surface area (Å²) < 4.78 is 0. The maximum atomic E-state index is 10.1. The van der Waals surface area contributed by atoms with Crippen LogP contribution in [0.25, 0.3) is 0 Å². The first-order valence-corrected chi connectivity index (χ1v) is 5.43. The van der Waals surface area contributed by atoms with Crippen molar-refractivity contribution in [3.63, 3.8) is 0 Å². The van der Waals surface area contributed by atoms with Gasteiger partial charge in [0.2, 0.25) is 0 Å². The molecule has 2 atom stereocenters. The average molecular weight is 208 g/mol. The Kier molecular flexibility index (Phi) is 4.72. The van der Waals surface area contributed by atoms with Gasteiger partial charge in [-0.3, -0.25) is 4.98 Å². The predicted molar refractivity (Wildman–Crippen MR) is 61.2 cm³/mol. The van der Waals surface area contributed by atoms with Crippen LogP contribution in [-0.2, 0) is 0 Å². The molecule has 0 amide bonds. The van der Waals surface area contributed by atoms with Gasteiger partial charge in [-0.25, -0.2) is 0 Å². The Morgan fingerprint density at radius 3 is 2.67 bits per heavy atom. The Hall–Kier alpha value is -0.930. The molecule has 1 aromatic heterocycles. The van der Waals surface area contributed by atoms with Gasteiger partial charge in [0, 0.05) is 18.3 Å². The number of aromatic nitrogens is 1. The van der Waals surface area contributed by atoms with Crippen LogP contribution in [0.5, 0.6) is 0 Å². The van der Waals surface area contributed by atoms with Gasteiger partial charge in [-0.1, -0.05) is 19.9 Å². The number of rotatable bonds is 5. The van der Waals surface area contributed by atoms with E-state index in [1.807, 2.05) is 12.1 Å². The van der Waals surface area contributed by atoms with Crippen molar-refractivity contribution in [3.05, 3.63) is 30.1 Å². The minimum atomic E-state index is -0.494. The first-order valence-electron chi connectivity index (χ1n) is 5.43. The maximum absolute atomic E-state index is 10.1. The van der Waals surface area contributed by atoms with Crippen LogP contribution in [0.4, 0.5) is 0 Å². The van der Waals surface area contributed by atoms with E-state index in [4.69, 9.17) is 5.73 Å². The van der Waals surface area contributed by atoms with Crippen LogP contribution in [0.2, 0.25) is 0 Å². The molecule has 0 aliphatic rings. The van der Waals surface area contributed by atoms with Gasteiger partial charge in [0.05, 0.1) is 6.10 Å². The van der Waals surface area contributed by atoms with E-state index in [2.05, 4.69) is 18.8 Å². The van der Waals surface area contributed by atoms with Gasteiger partial charge in [-0.15, -0.1) is 0 Å². The van der Waals surface area contributed by atoms with E-state index >= 15 is 0 Å². The minimum Gasteiger partial charge on any atom is -0.388 e. The Bertz CT molecular complexity index is 274. The van der Waals surface area contributed by atoms with Gasteiger partial charge in [-0.05, 0) is 30.5 Å². The molecule has 0 aliphatic carbocycles. The minimum absolute atomic E-state index is 0.120. The zero-order chi connectivity index (χ0) is 11.3. The molecule has 1 heterocycles. The molecular weight excluding hydrogens is 188 g/mol. The standard InChI is InChI=1S/C12H20N2O/c1-9(2)6-11(7-13)12(15)10-4-3-5-14-8-10/h3-5,8-9,11-12,15H,6-7,13H2,1-2H3. The summed E-state index contributed by atoms with van der Waals surface area (Å²) in [4.78, 5) is 4.00. The second-order valence-electron chi connectivity index (χ2n) is 4.36. The molecule has 0 saturated heterocycles. The lowest BCUT2D eigenvalue weighted by Crippen LogP contribution is -2.23. The zero-order valence-electron chi connectivity index (χ0n) is 9.43. The summed E-state index contributed by atoms with van der Waals surface area (Å²) in [6.45, 7) is 4.78. The summed E-state index contributed by atoms with van der Waals surface area (Å²) in [5, 5.41) is 10.1. The first kappa shape index (κ1) is 12.1. The van der Waals surface area contributed by atoms with Gasteiger partial charge in [-0.2, -0.15) is 0 Å². The van der Waals surface area contributed by atoms with Gasteiger partial charge >= 0.3 is 0 Å². The lowest BCUT2D eigenvalue weighted by atomic mass is 9.89. The van der Waals surface area contributed by atoms with Crippen LogP contribution in [0.15, 0.2) is 24.5 Å². The van der Waals surface area contributed by atoms with E-state index in [1.165, 1.54) is 0 Å². The third-order valence-electron chi connectivity index (χ3n) is 2.55. The molecule has 0 bridgehead atoms. The molecule has 1 aromatic rings. The molecule has 3 N–H and O–H groups in total. The quantitative estimate of drug-likeness (QED) is 0.774. The van der Waals surface area contributed by atoms with Gasteiger partial charge in [0.25, 0.3) is 0 Å². The Morgan fingerprint density at radius 1 is 1.47 bits per heavy atom. The van der Waals surface area contributed by atoms with Gasteiger partial charge in [0.15, 0.2) is 0 Å². The average Bonchev–Trinajstić information content (AvgIpc) is 2.26. The molecule has 3 heteroatoms. The molecule has 0 fully saturated rings. The second kappa shape index (κ2) is 5.83. The van der Waals surface area contributed by atoms with Crippen molar-refractivity contribution in [2.45, 2.75) is 26.4 Å². The molecule has 3 nitrogen and oxygen atoms in total. The van der Waals surface area contributed by atoms with Crippen LogP contribution in [0.3, 0.4) is 0 Å². The van der Waals surface area contributed by atoms with E-state index < -0.39 is 6.10 Å². The number of hydrogen-bond acceptors (Lipinski definition) is 3. The summed E-state index contributed by atoms with van der Waals surface area (Å²) in [6, 6.07) is 3.72. The molecule has 0 aliphatic heterocycles. The number of nitrogens with two attached hydrogens (primary N) is 1. The van der Waals surface area contributed by atoms with E-state index in [-0.39, 0.29) is 5.92 Å². The van der Waals surface area contributed by atoms with Crippen molar-refractivity contribution in [2.75, 3.05) is 6.54 Å². The third-order valence-corrected chi connectivity index (χ3v) is 2.55.